The van der Waals surface area contributed by atoms with Crippen molar-refractivity contribution >= 4 is 41.1 Å². The maximum Gasteiger partial charge on any atom is 0.328 e. The van der Waals surface area contributed by atoms with Crippen molar-refractivity contribution in [3.63, 3.8) is 0 Å². The van der Waals surface area contributed by atoms with Crippen LogP contribution in [0.1, 0.15) is 77.2 Å². The molecule has 0 spiro atoms. The van der Waals surface area contributed by atoms with Crippen LogP contribution in [-0.2, 0) is 28.7 Å². The Hall–Kier alpha value is -3.92. The standard InChI is InChI=1S/C33H43ClN2O8/c1-20(2)18-42-28(37)17-16-27(31(40)43-19-21(3)4)36-30(39)22(5)35-32(41)33(6,7)44-26-14-10-24(11-15-26)29(38)23-8-12-25(34)13-9-23/h8-15,20-22,27H,16-19H2,1-7H3,(H,35,41)(H,36,39)/t22-,27-/m0/s1. The molecule has 0 aliphatic carbocycles. The van der Waals surface area contributed by atoms with Gasteiger partial charge in [0.2, 0.25) is 5.91 Å². The second-order valence-electron chi connectivity index (χ2n) is 11.9. The van der Waals surface area contributed by atoms with Gasteiger partial charge in [0, 0.05) is 22.6 Å². The van der Waals surface area contributed by atoms with Crippen molar-refractivity contribution in [1.82, 2.24) is 10.6 Å². The number of rotatable bonds is 16. The van der Waals surface area contributed by atoms with E-state index in [1.54, 1.807) is 48.5 Å². The summed E-state index contributed by atoms with van der Waals surface area (Å²) in [6.07, 6.45) is -0.120. The lowest BCUT2D eigenvalue weighted by atomic mass is 10.0. The maximum absolute atomic E-state index is 13.1. The molecular weight excluding hydrogens is 588 g/mol. The van der Waals surface area contributed by atoms with E-state index in [1.807, 2.05) is 27.7 Å². The first-order chi connectivity index (χ1) is 20.6. The van der Waals surface area contributed by atoms with Crippen LogP contribution in [0.2, 0.25) is 5.02 Å². The minimum absolute atomic E-state index is 0.0224. The van der Waals surface area contributed by atoms with Crippen LogP contribution >= 0.6 is 11.6 Å². The highest BCUT2D eigenvalue weighted by molar-refractivity contribution is 6.30. The number of halogens is 1. The van der Waals surface area contributed by atoms with E-state index in [2.05, 4.69) is 10.6 Å². The van der Waals surface area contributed by atoms with Crippen molar-refractivity contribution in [1.29, 1.82) is 0 Å². The molecule has 2 atom stereocenters. The van der Waals surface area contributed by atoms with Crippen LogP contribution in [0.5, 0.6) is 5.75 Å². The van der Waals surface area contributed by atoms with E-state index in [1.165, 1.54) is 20.8 Å². The van der Waals surface area contributed by atoms with E-state index in [0.717, 1.165) is 0 Å². The fraction of sp³-hybridized carbons (Fsp3) is 0.485. The van der Waals surface area contributed by atoms with Crippen LogP contribution in [0.4, 0.5) is 0 Å². The summed E-state index contributed by atoms with van der Waals surface area (Å²) >= 11 is 5.90. The van der Waals surface area contributed by atoms with Crippen molar-refractivity contribution in [3.05, 3.63) is 64.7 Å². The van der Waals surface area contributed by atoms with E-state index >= 15 is 0 Å². The van der Waals surface area contributed by atoms with Crippen molar-refractivity contribution in [3.8, 4) is 5.75 Å². The number of carbonyl (C=O) groups excluding carboxylic acids is 5. The molecule has 0 aromatic heterocycles. The molecule has 2 aromatic rings. The highest BCUT2D eigenvalue weighted by atomic mass is 35.5. The Kier molecular flexibility index (Phi) is 13.8. The Morgan fingerprint density at radius 2 is 1.30 bits per heavy atom. The molecule has 0 aliphatic rings. The van der Waals surface area contributed by atoms with E-state index in [-0.39, 0.29) is 43.7 Å². The van der Waals surface area contributed by atoms with Crippen molar-refractivity contribution in [2.45, 2.75) is 79.0 Å². The molecule has 10 nitrogen and oxygen atoms in total. The summed E-state index contributed by atoms with van der Waals surface area (Å²) in [5.41, 5.74) is -0.482. The largest absolute Gasteiger partial charge is 0.478 e. The smallest absolute Gasteiger partial charge is 0.328 e. The molecule has 0 unspecified atom stereocenters. The molecule has 0 heterocycles. The molecule has 2 N–H and O–H groups in total. The van der Waals surface area contributed by atoms with Crippen LogP contribution in [0.15, 0.2) is 48.5 Å². The number of amides is 2. The zero-order valence-electron chi connectivity index (χ0n) is 26.4. The third-order valence-electron chi connectivity index (χ3n) is 6.26. The lowest BCUT2D eigenvalue weighted by molar-refractivity contribution is -0.150. The normalized spacial score (nSPS) is 12.7. The Morgan fingerprint density at radius 3 is 1.84 bits per heavy atom. The topological polar surface area (TPSA) is 137 Å². The molecule has 0 saturated carbocycles. The van der Waals surface area contributed by atoms with Crippen LogP contribution < -0.4 is 15.4 Å². The zero-order chi connectivity index (χ0) is 33.0. The fourth-order valence-electron chi connectivity index (χ4n) is 3.71. The van der Waals surface area contributed by atoms with E-state index in [4.69, 9.17) is 25.8 Å². The quantitative estimate of drug-likeness (QED) is 0.197. The number of ketones is 1. The van der Waals surface area contributed by atoms with E-state index in [0.29, 0.717) is 21.9 Å². The first-order valence-electron chi connectivity index (χ1n) is 14.6. The van der Waals surface area contributed by atoms with Crippen LogP contribution in [0.3, 0.4) is 0 Å². The molecule has 2 amide bonds. The zero-order valence-corrected chi connectivity index (χ0v) is 27.2. The lowest BCUT2D eigenvalue weighted by Crippen LogP contribution is -2.55. The Labute approximate surface area is 264 Å². The summed E-state index contributed by atoms with van der Waals surface area (Å²) in [5.74, 6) is -2.00. The number of esters is 2. The van der Waals surface area contributed by atoms with Gasteiger partial charge in [0.05, 0.1) is 13.2 Å². The summed E-state index contributed by atoms with van der Waals surface area (Å²) in [4.78, 5) is 63.6. The average Bonchev–Trinajstić information content (AvgIpc) is 2.96. The molecule has 240 valence electrons. The van der Waals surface area contributed by atoms with Gasteiger partial charge in [-0.2, -0.15) is 0 Å². The van der Waals surface area contributed by atoms with Crippen LogP contribution in [-0.4, -0.2) is 60.4 Å². The Balaban J connectivity index is 2.00. The minimum Gasteiger partial charge on any atom is -0.478 e. The molecule has 2 aromatic carbocycles. The molecule has 11 heteroatoms. The van der Waals surface area contributed by atoms with Crippen molar-refractivity contribution in [2.24, 2.45) is 11.8 Å². The van der Waals surface area contributed by atoms with Gasteiger partial charge >= 0.3 is 11.9 Å². The van der Waals surface area contributed by atoms with E-state index in [9.17, 15) is 24.0 Å². The third kappa shape index (κ3) is 12.0. The lowest BCUT2D eigenvalue weighted by Gasteiger charge is -2.27. The predicted octanol–water partition coefficient (Wildman–Crippen LogP) is 4.90. The average molecular weight is 631 g/mol. The van der Waals surface area contributed by atoms with Gasteiger partial charge < -0.3 is 24.8 Å². The number of ether oxygens (including phenoxy) is 3. The van der Waals surface area contributed by atoms with Gasteiger partial charge in [0.1, 0.15) is 17.8 Å². The molecule has 0 radical (unpaired) electrons. The molecule has 0 bridgehead atoms. The predicted molar refractivity (Wildman–Crippen MR) is 166 cm³/mol. The molecule has 2 rings (SSSR count). The van der Waals surface area contributed by atoms with Gasteiger partial charge in [-0.05, 0) is 87.6 Å². The highest BCUT2D eigenvalue weighted by Gasteiger charge is 2.33. The van der Waals surface area contributed by atoms with Gasteiger partial charge in [0.25, 0.3) is 5.91 Å². The van der Waals surface area contributed by atoms with Gasteiger partial charge in [-0.15, -0.1) is 0 Å². The third-order valence-corrected chi connectivity index (χ3v) is 6.51. The van der Waals surface area contributed by atoms with Crippen LogP contribution in [0, 0.1) is 11.8 Å². The summed E-state index contributed by atoms with van der Waals surface area (Å²) in [6.45, 7) is 12.5. The molecular formula is C33H43ClN2O8. The summed E-state index contributed by atoms with van der Waals surface area (Å²) in [7, 11) is 0. The second-order valence-corrected chi connectivity index (χ2v) is 12.3. The fourth-order valence-corrected chi connectivity index (χ4v) is 3.83. The van der Waals surface area contributed by atoms with Crippen molar-refractivity contribution in [2.75, 3.05) is 13.2 Å². The Morgan fingerprint density at radius 1 is 0.773 bits per heavy atom. The molecule has 44 heavy (non-hydrogen) atoms. The highest BCUT2D eigenvalue weighted by Crippen LogP contribution is 2.21. The number of nitrogens with one attached hydrogen (secondary N) is 2. The molecule has 0 fully saturated rings. The second kappa shape index (κ2) is 16.8. The number of hydrogen-bond acceptors (Lipinski definition) is 8. The molecule has 0 aliphatic heterocycles. The Bertz CT molecular complexity index is 1290. The van der Waals surface area contributed by atoms with Gasteiger partial charge in [-0.3, -0.25) is 19.2 Å². The first kappa shape index (κ1) is 36.3. The molecule has 0 saturated heterocycles. The van der Waals surface area contributed by atoms with Gasteiger partial charge in [-0.1, -0.05) is 39.3 Å². The SMILES string of the molecule is CC(C)COC(=O)CC[C@H](NC(=O)[C@H](C)NC(=O)C(C)(C)Oc1ccc(C(=O)c2ccc(Cl)cc2)cc1)C(=O)OCC(C)C. The number of hydrogen-bond donors (Lipinski definition) is 2. The first-order valence-corrected chi connectivity index (χ1v) is 15.0. The van der Waals surface area contributed by atoms with Crippen LogP contribution in [0.25, 0.3) is 0 Å². The summed E-state index contributed by atoms with van der Waals surface area (Å²) < 4.78 is 16.3. The number of benzene rings is 2. The van der Waals surface area contributed by atoms with Gasteiger partial charge in [0.15, 0.2) is 11.4 Å². The monoisotopic (exact) mass is 630 g/mol. The van der Waals surface area contributed by atoms with Crippen molar-refractivity contribution < 1.29 is 38.2 Å². The minimum atomic E-state index is -1.40. The number of carbonyl (C=O) groups is 5. The van der Waals surface area contributed by atoms with E-state index < -0.39 is 41.4 Å². The summed E-state index contributed by atoms with van der Waals surface area (Å²) in [5, 5.41) is 5.72. The maximum atomic E-state index is 13.1. The van der Waals surface area contributed by atoms with Gasteiger partial charge in [-0.25, -0.2) is 4.79 Å². The summed E-state index contributed by atoms with van der Waals surface area (Å²) in [6, 6.07) is 10.7.